The normalized spacial score (nSPS) is 16.3. The lowest BCUT2D eigenvalue weighted by Crippen LogP contribution is -2.36. The molecule has 1 fully saturated rings. The van der Waals surface area contributed by atoms with E-state index in [-0.39, 0.29) is 11.9 Å². The largest absolute Gasteiger partial charge is 0.497 e. The SMILES string of the molecule is COc1cccc(CC2CCCN2C(=O)CCCc2nc(-c3cccs3)no2)c1. The van der Waals surface area contributed by atoms with Crippen LogP contribution in [0.1, 0.15) is 37.1 Å². The van der Waals surface area contributed by atoms with Crippen LogP contribution in [-0.2, 0) is 17.6 Å². The number of thiophene rings is 1. The lowest BCUT2D eigenvalue weighted by Gasteiger charge is -2.25. The number of hydrogen-bond acceptors (Lipinski definition) is 6. The van der Waals surface area contributed by atoms with Crippen LogP contribution < -0.4 is 4.74 Å². The van der Waals surface area contributed by atoms with Crippen LogP contribution in [0.15, 0.2) is 46.3 Å². The molecule has 2 aromatic heterocycles. The van der Waals surface area contributed by atoms with E-state index < -0.39 is 0 Å². The van der Waals surface area contributed by atoms with Crippen molar-refractivity contribution in [2.24, 2.45) is 0 Å². The van der Waals surface area contributed by atoms with Crippen LogP contribution in [0.3, 0.4) is 0 Å². The van der Waals surface area contributed by atoms with Crippen LogP contribution >= 0.6 is 11.3 Å². The molecular weight excluding hydrogens is 386 g/mol. The molecule has 1 amide bonds. The summed E-state index contributed by atoms with van der Waals surface area (Å²) < 4.78 is 10.6. The Hall–Kier alpha value is -2.67. The summed E-state index contributed by atoms with van der Waals surface area (Å²) in [6.07, 6.45) is 4.83. The third-order valence-corrected chi connectivity index (χ3v) is 6.16. The van der Waals surface area contributed by atoms with E-state index in [9.17, 15) is 4.79 Å². The summed E-state index contributed by atoms with van der Waals surface area (Å²) in [6.45, 7) is 0.844. The van der Waals surface area contributed by atoms with Gasteiger partial charge in [-0.2, -0.15) is 4.98 Å². The minimum atomic E-state index is 0.216. The van der Waals surface area contributed by atoms with Gasteiger partial charge in [0.25, 0.3) is 0 Å². The molecule has 29 heavy (non-hydrogen) atoms. The van der Waals surface area contributed by atoms with E-state index in [4.69, 9.17) is 9.26 Å². The highest BCUT2D eigenvalue weighted by molar-refractivity contribution is 7.13. The predicted octanol–water partition coefficient (Wildman–Crippen LogP) is 4.36. The van der Waals surface area contributed by atoms with Gasteiger partial charge in [-0.3, -0.25) is 4.79 Å². The van der Waals surface area contributed by atoms with E-state index in [1.54, 1.807) is 18.4 Å². The lowest BCUT2D eigenvalue weighted by atomic mass is 10.0. The van der Waals surface area contributed by atoms with Crippen LogP contribution in [0.2, 0.25) is 0 Å². The second-order valence-corrected chi connectivity index (χ2v) is 8.23. The molecule has 1 aromatic carbocycles. The highest BCUT2D eigenvalue weighted by Crippen LogP contribution is 2.25. The van der Waals surface area contributed by atoms with Crippen LogP contribution in [0.4, 0.5) is 0 Å². The average Bonchev–Trinajstić information content (AvgIpc) is 3.49. The molecule has 1 saturated heterocycles. The molecule has 6 nitrogen and oxygen atoms in total. The number of aromatic nitrogens is 2. The number of benzene rings is 1. The molecule has 1 aliphatic heterocycles. The number of ether oxygens (including phenoxy) is 1. The van der Waals surface area contributed by atoms with E-state index in [0.717, 1.165) is 36.4 Å². The quantitative estimate of drug-likeness (QED) is 0.551. The summed E-state index contributed by atoms with van der Waals surface area (Å²) in [5.41, 5.74) is 1.21. The summed E-state index contributed by atoms with van der Waals surface area (Å²) in [6, 6.07) is 12.3. The van der Waals surface area contributed by atoms with Crippen LogP contribution in [0.5, 0.6) is 5.75 Å². The third kappa shape index (κ3) is 4.85. The Morgan fingerprint density at radius 1 is 1.34 bits per heavy atom. The van der Waals surface area contributed by atoms with Gasteiger partial charge in [0.1, 0.15) is 5.75 Å². The lowest BCUT2D eigenvalue weighted by molar-refractivity contribution is -0.132. The van der Waals surface area contributed by atoms with Gasteiger partial charge >= 0.3 is 0 Å². The zero-order valence-corrected chi connectivity index (χ0v) is 17.4. The standard InChI is InChI=1S/C22H25N3O3S/c1-27-18-8-2-6-16(15-18)14-17-7-4-12-25(17)21(26)11-3-10-20-23-22(24-28-20)19-9-5-13-29-19/h2,5-6,8-9,13,15,17H,3-4,7,10-12,14H2,1H3. The van der Waals surface area contributed by atoms with Gasteiger partial charge < -0.3 is 14.2 Å². The monoisotopic (exact) mass is 411 g/mol. The maximum atomic E-state index is 12.8. The Kier molecular flexibility index (Phi) is 6.24. The average molecular weight is 412 g/mol. The molecular formula is C22H25N3O3S. The summed E-state index contributed by atoms with van der Waals surface area (Å²) in [5, 5.41) is 6.01. The molecule has 7 heteroatoms. The molecule has 4 rings (SSSR count). The second kappa shape index (κ2) is 9.22. The Bertz CT molecular complexity index is 938. The molecule has 0 N–H and O–H groups in total. The molecule has 1 unspecified atom stereocenters. The topological polar surface area (TPSA) is 68.5 Å². The number of hydrogen-bond donors (Lipinski definition) is 0. The highest BCUT2D eigenvalue weighted by atomic mass is 32.1. The summed E-state index contributed by atoms with van der Waals surface area (Å²) in [4.78, 5) is 20.3. The van der Waals surface area contributed by atoms with Crippen LogP contribution in [0.25, 0.3) is 10.7 Å². The van der Waals surface area contributed by atoms with Crippen molar-refractivity contribution < 1.29 is 14.1 Å². The maximum absolute atomic E-state index is 12.8. The van der Waals surface area contributed by atoms with Crippen molar-refractivity contribution >= 4 is 17.2 Å². The van der Waals surface area contributed by atoms with Crippen LogP contribution in [-0.4, -0.2) is 40.6 Å². The first-order valence-corrected chi connectivity index (χ1v) is 10.9. The first-order valence-electron chi connectivity index (χ1n) is 10.0. The Labute approximate surface area is 174 Å². The van der Waals surface area contributed by atoms with Crippen LogP contribution in [0, 0.1) is 0 Å². The van der Waals surface area contributed by atoms with Crippen molar-refractivity contribution in [1.29, 1.82) is 0 Å². The van der Waals surface area contributed by atoms with Crippen molar-refractivity contribution in [3.05, 3.63) is 53.2 Å². The van der Waals surface area contributed by atoms with Crippen molar-refractivity contribution in [3.8, 4) is 16.5 Å². The number of amides is 1. The van der Waals surface area contributed by atoms with Crippen molar-refractivity contribution in [2.75, 3.05) is 13.7 Å². The van der Waals surface area contributed by atoms with E-state index in [1.165, 1.54) is 5.56 Å². The fraction of sp³-hybridized carbons (Fsp3) is 0.409. The molecule has 3 aromatic rings. The Morgan fingerprint density at radius 3 is 3.10 bits per heavy atom. The first-order chi connectivity index (χ1) is 14.2. The molecule has 152 valence electrons. The smallest absolute Gasteiger partial charge is 0.226 e. The van der Waals surface area contributed by atoms with Crippen molar-refractivity contribution in [1.82, 2.24) is 15.0 Å². The van der Waals surface area contributed by atoms with Crippen molar-refractivity contribution in [2.45, 2.75) is 44.6 Å². The van der Waals surface area contributed by atoms with Gasteiger partial charge in [-0.1, -0.05) is 23.4 Å². The number of methoxy groups -OCH3 is 1. The number of aryl methyl sites for hydroxylation is 1. The van der Waals surface area contributed by atoms with E-state index in [0.29, 0.717) is 31.0 Å². The van der Waals surface area contributed by atoms with E-state index >= 15 is 0 Å². The molecule has 0 saturated carbocycles. The van der Waals surface area contributed by atoms with Gasteiger partial charge in [0, 0.05) is 25.4 Å². The molecule has 3 heterocycles. The Balaban J connectivity index is 1.28. The number of rotatable bonds is 8. The van der Waals surface area contributed by atoms with Gasteiger partial charge in [-0.05, 0) is 54.8 Å². The first kappa shape index (κ1) is 19.6. The molecule has 1 atom stereocenters. The summed E-state index contributed by atoms with van der Waals surface area (Å²) >= 11 is 1.58. The fourth-order valence-corrected chi connectivity index (χ4v) is 4.49. The Morgan fingerprint density at radius 2 is 2.28 bits per heavy atom. The predicted molar refractivity (Wildman–Crippen MR) is 112 cm³/mol. The highest BCUT2D eigenvalue weighted by Gasteiger charge is 2.28. The summed E-state index contributed by atoms with van der Waals surface area (Å²) in [7, 11) is 1.68. The molecule has 0 spiro atoms. The number of nitrogens with zero attached hydrogens (tertiary/aromatic N) is 3. The van der Waals surface area contributed by atoms with Crippen molar-refractivity contribution in [3.63, 3.8) is 0 Å². The third-order valence-electron chi connectivity index (χ3n) is 5.29. The minimum absolute atomic E-state index is 0.216. The van der Waals surface area contributed by atoms with E-state index in [1.807, 2.05) is 34.5 Å². The van der Waals surface area contributed by atoms with Gasteiger partial charge in [0.05, 0.1) is 12.0 Å². The number of carbonyl (C=O) groups excluding carboxylic acids is 1. The van der Waals surface area contributed by atoms with E-state index in [2.05, 4.69) is 22.3 Å². The van der Waals surface area contributed by atoms with Gasteiger partial charge in [0.15, 0.2) is 0 Å². The zero-order chi connectivity index (χ0) is 20.1. The fourth-order valence-electron chi connectivity index (χ4n) is 3.84. The molecule has 0 radical (unpaired) electrons. The minimum Gasteiger partial charge on any atom is -0.497 e. The van der Waals surface area contributed by atoms with Gasteiger partial charge in [0.2, 0.25) is 17.6 Å². The van der Waals surface area contributed by atoms with Gasteiger partial charge in [-0.15, -0.1) is 11.3 Å². The number of carbonyl (C=O) groups is 1. The van der Waals surface area contributed by atoms with Gasteiger partial charge in [-0.25, -0.2) is 0 Å². The maximum Gasteiger partial charge on any atom is 0.226 e. The molecule has 0 bridgehead atoms. The summed E-state index contributed by atoms with van der Waals surface area (Å²) in [5.74, 6) is 2.29. The second-order valence-electron chi connectivity index (χ2n) is 7.28. The zero-order valence-electron chi connectivity index (χ0n) is 16.5. The molecule has 0 aliphatic carbocycles. The molecule has 1 aliphatic rings. The number of likely N-dealkylation sites (tertiary alicyclic amines) is 1.